The molecule has 2 unspecified atom stereocenters. The van der Waals surface area contributed by atoms with E-state index in [9.17, 15) is 27.6 Å². The molecule has 10 aliphatic heterocycles. The van der Waals surface area contributed by atoms with E-state index >= 15 is 0 Å². The second kappa shape index (κ2) is 26.8. The first kappa shape index (κ1) is 71.5. The van der Waals surface area contributed by atoms with Crippen molar-refractivity contribution in [2.24, 2.45) is 32.2 Å². The summed E-state index contributed by atoms with van der Waals surface area (Å²) in [6, 6.07) is 28.9. The van der Waals surface area contributed by atoms with Gasteiger partial charge in [0.05, 0.1) is 50.7 Å². The molecule has 103 heavy (non-hydrogen) atoms. The molecule has 28 heteroatoms. The van der Waals surface area contributed by atoms with Crippen LogP contribution in [-0.4, -0.2) is 146 Å². The maximum Gasteiger partial charge on any atom is 0.493 e. The van der Waals surface area contributed by atoms with Gasteiger partial charge < -0.3 is 54.9 Å². The molecule has 3 amide bonds. The highest BCUT2D eigenvalue weighted by Crippen LogP contribution is 2.56. The molecule has 4 saturated heterocycles. The summed E-state index contributed by atoms with van der Waals surface area (Å²) in [6.45, 7) is 32.4. The molecule has 6 spiro atoms. The van der Waals surface area contributed by atoms with Gasteiger partial charge in [-0.3, -0.25) is 29.1 Å². The van der Waals surface area contributed by atoms with Crippen molar-refractivity contribution in [2.45, 2.75) is 130 Å². The summed E-state index contributed by atoms with van der Waals surface area (Å²) in [5.74, 6) is 0.317. The van der Waals surface area contributed by atoms with Gasteiger partial charge in [-0.2, -0.15) is 0 Å². The zero-order valence-electron chi connectivity index (χ0n) is 57.8. The number of guanidine groups is 3. The summed E-state index contributed by atoms with van der Waals surface area (Å²) < 4.78 is 90.2. The highest BCUT2D eigenvalue weighted by atomic mass is 79.9. The molecule has 0 radical (unpaired) electrons. The van der Waals surface area contributed by atoms with Crippen molar-refractivity contribution in [1.29, 1.82) is 0 Å². The van der Waals surface area contributed by atoms with Crippen molar-refractivity contribution in [3.05, 3.63) is 182 Å². The average molecular weight is 1470 g/mol. The van der Waals surface area contributed by atoms with Gasteiger partial charge in [0, 0.05) is 81.4 Å². The molecule has 10 heterocycles. The zero-order chi connectivity index (χ0) is 73.4. The predicted molar refractivity (Wildman–Crippen MR) is 381 cm³/mol. The summed E-state index contributed by atoms with van der Waals surface area (Å²) in [5.41, 5.74) is 17.4. The third-order valence-electron chi connectivity index (χ3n) is 21.0. The van der Waals surface area contributed by atoms with Crippen molar-refractivity contribution < 1.29 is 65.3 Å². The number of aliphatic imine (C=N–C) groups is 3. The number of likely N-dealkylation sites (N-methyl/N-ethyl adjacent to an activating group) is 3. The monoisotopic (exact) mass is 1470 g/mol. The zero-order valence-corrected chi connectivity index (χ0v) is 59.4. The number of nitrogens with two attached hydrogens (primary N) is 3. The minimum atomic E-state index is -1.22. The lowest BCUT2D eigenvalue weighted by molar-refractivity contribution is -0.139. The Morgan fingerprint density at radius 3 is 1.14 bits per heavy atom. The van der Waals surface area contributed by atoms with Crippen LogP contribution in [0.15, 0.2) is 129 Å². The molecule has 6 aromatic carbocycles. The molecule has 23 nitrogen and oxygen atoms in total. The van der Waals surface area contributed by atoms with E-state index in [1.54, 1.807) is 75.7 Å². The standard InChI is InChI=1S/2C23H21FN4O3.C16H18BrN3O3.C13H15BFNO2/c2*1-26-17-9-15(8-16(24)11-17)14-4-5-19-18(10-14)23(20(29)28(2)21(25)27-23)12-22(31-19)6-3-7-30-13-22;1-20-13(21)16(19-14(20)18)8-15(5-2-6-22-9-15)23-12-4-3-10(17)7-11(12)16;1-12(2)13(3,4)18-14(17-12)9-6-10(15)8-11(7-9)16-5/h2*4-5,8-11H,3,6-7,12-13H2,2H3,(H2,25,27);3-4,7H,2,5-6,8-9H2,1H3,(H2,18,19);6-8H,1-4H3/t22-,23+;22-,23-;;/m10../s1. The Bertz CT molecular complexity index is 4510. The fourth-order valence-corrected chi connectivity index (χ4v) is 15.5. The summed E-state index contributed by atoms with van der Waals surface area (Å²) in [5, 5.41) is 0. The number of benzene rings is 6. The maximum absolute atomic E-state index is 14.1. The summed E-state index contributed by atoms with van der Waals surface area (Å²) in [7, 11) is 4.24. The molecule has 6 N–H and O–H groups in total. The molecule has 0 bridgehead atoms. The number of nitrogens with zero attached hydrogens (tertiary/aromatic N) is 9. The van der Waals surface area contributed by atoms with E-state index < -0.39 is 69.2 Å². The average Bonchev–Trinajstić information content (AvgIpc) is 1.68. The molecule has 6 aromatic rings. The molecule has 6 atom stereocenters. The van der Waals surface area contributed by atoms with Gasteiger partial charge in [0.1, 0.15) is 51.5 Å². The summed E-state index contributed by atoms with van der Waals surface area (Å²) in [4.78, 5) is 67.8. The van der Waals surface area contributed by atoms with Crippen LogP contribution in [-0.2, 0) is 54.5 Å². The van der Waals surface area contributed by atoms with Gasteiger partial charge in [-0.15, -0.1) is 0 Å². The summed E-state index contributed by atoms with van der Waals surface area (Å²) >= 11 is 3.47. The van der Waals surface area contributed by atoms with Crippen LogP contribution in [0.4, 0.5) is 30.2 Å². The van der Waals surface area contributed by atoms with Crippen molar-refractivity contribution in [3.8, 4) is 39.5 Å². The molecular weight excluding hydrogens is 1390 g/mol. The lowest BCUT2D eigenvalue weighted by Crippen LogP contribution is -2.55. The van der Waals surface area contributed by atoms with Crippen LogP contribution < -0.4 is 36.9 Å². The third kappa shape index (κ3) is 13.0. The van der Waals surface area contributed by atoms with Crippen molar-refractivity contribution >= 4 is 81.2 Å². The van der Waals surface area contributed by atoms with Crippen molar-refractivity contribution in [2.75, 3.05) is 60.8 Å². The van der Waals surface area contributed by atoms with Crippen molar-refractivity contribution in [3.63, 3.8) is 0 Å². The first-order valence-electron chi connectivity index (χ1n) is 33.6. The number of amides is 3. The second-order valence-electron chi connectivity index (χ2n) is 28.6. The molecule has 16 rings (SSSR count). The minimum absolute atomic E-state index is 0.109. The van der Waals surface area contributed by atoms with E-state index in [1.165, 1.54) is 51.1 Å². The Kier molecular flexibility index (Phi) is 18.6. The molecule has 10 aliphatic rings. The largest absolute Gasteiger partial charge is 0.493 e. The van der Waals surface area contributed by atoms with E-state index in [2.05, 4.69) is 45.4 Å². The Labute approximate surface area is 602 Å². The van der Waals surface area contributed by atoms with Gasteiger partial charge in [0.25, 0.3) is 17.7 Å². The minimum Gasteiger partial charge on any atom is -0.484 e. The highest BCUT2D eigenvalue weighted by molar-refractivity contribution is 9.10. The van der Waals surface area contributed by atoms with E-state index in [1.807, 2.05) is 45.9 Å². The molecule has 532 valence electrons. The smallest absolute Gasteiger partial charge is 0.484 e. The van der Waals surface area contributed by atoms with Crippen LogP contribution >= 0.6 is 15.9 Å². The van der Waals surface area contributed by atoms with Gasteiger partial charge in [-0.05, 0) is 185 Å². The highest BCUT2D eigenvalue weighted by Gasteiger charge is 2.62. The van der Waals surface area contributed by atoms with E-state index in [4.69, 9.17) is 74.6 Å². The Morgan fingerprint density at radius 1 is 0.466 bits per heavy atom. The maximum atomic E-state index is 14.1. The number of hydrogen-bond donors (Lipinski definition) is 3. The topological polar surface area (TPSA) is 263 Å². The number of carbonyl (C=O) groups is 3. The normalized spacial score (nSPS) is 27.3. The molecule has 0 aliphatic carbocycles. The van der Waals surface area contributed by atoms with Crippen LogP contribution in [0.5, 0.6) is 17.2 Å². The second-order valence-corrected chi connectivity index (χ2v) is 29.5. The number of ether oxygens (including phenoxy) is 6. The van der Waals surface area contributed by atoms with Gasteiger partial charge >= 0.3 is 7.12 Å². The van der Waals surface area contributed by atoms with Crippen LogP contribution in [0.25, 0.3) is 36.8 Å². The molecule has 0 aromatic heterocycles. The van der Waals surface area contributed by atoms with Crippen molar-refractivity contribution in [1.82, 2.24) is 14.7 Å². The van der Waals surface area contributed by atoms with E-state index in [0.717, 1.165) is 55.2 Å². The van der Waals surface area contributed by atoms with Crippen LogP contribution in [0.3, 0.4) is 0 Å². The number of carbonyl (C=O) groups excluding carboxylic acids is 3. The fraction of sp³-hybridized carbons (Fsp3) is 0.400. The summed E-state index contributed by atoms with van der Waals surface area (Å²) in [6.07, 6.45) is 5.99. The number of rotatable bonds is 3. The molecular formula is C75H75BBrF3N12O11. The van der Waals surface area contributed by atoms with Gasteiger partial charge in [-0.1, -0.05) is 34.1 Å². The van der Waals surface area contributed by atoms with Gasteiger partial charge in [0.2, 0.25) is 0 Å². The molecule has 0 saturated carbocycles. The van der Waals surface area contributed by atoms with Crippen LogP contribution in [0, 0.1) is 37.2 Å². The SMILES string of the molecule is CN1C(=O)C2(CC3(CCCOC3)Oc3ccc(Br)cc32)N=C1N.[C-]#[N+]c1cc(F)cc(-c2ccc3c(c2)[C@]2(C[C@@]4(CCCOC4)O3)N=C(N)N(C)C2=O)c1.[C-]#[N+]c1cc(F)cc(-c2ccc3c(c2)[C@]2(C[C@]4(CCCOC4)O3)N=C(N)N(C)C2=O)c1.[C-]#[N+]c1cc(F)cc(B2OC(C)(C)C(C)(C)O2)c1. The quantitative estimate of drug-likeness (QED) is 0.110. The van der Waals surface area contributed by atoms with Gasteiger partial charge in [0.15, 0.2) is 51.6 Å². The number of hydrogen-bond acceptors (Lipinski definition) is 17. The number of halogens is 4. The predicted octanol–water partition coefficient (Wildman–Crippen LogP) is 11.2. The fourth-order valence-electron chi connectivity index (χ4n) is 15.1. The first-order valence-corrected chi connectivity index (χ1v) is 34.4. The Balaban J connectivity index is 0.000000125. The lowest BCUT2D eigenvalue weighted by Gasteiger charge is -2.46. The Hall–Kier alpha value is -9.86. The van der Waals surface area contributed by atoms with Crippen LogP contribution in [0.2, 0.25) is 0 Å². The van der Waals surface area contributed by atoms with E-state index in [-0.39, 0.29) is 52.7 Å². The Morgan fingerprint density at radius 2 is 0.806 bits per heavy atom. The number of fused-ring (bicyclic) bond motifs is 6. The molecule has 4 fully saturated rings. The third-order valence-corrected chi connectivity index (χ3v) is 21.5. The van der Waals surface area contributed by atoms with E-state index in [0.29, 0.717) is 108 Å². The van der Waals surface area contributed by atoms with Crippen LogP contribution in [0.1, 0.15) is 102 Å². The van der Waals surface area contributed by atoms with Gasteiger partial charge in [-0.25, -0.2) is 42.7 Å². The first-order chi connectivity index (χ1) is 48.9. The lowest BCUT2D eigenvalue weighted by atomic mass is 9.74.